The van der Waals surface area contributed by atoms with Crippen molar-refractivity contribution in [3.05, 3.63) is 0 Å². The number of ether oxygens (including phenoxy) is 2. The number of esters is 1. The Kier molecular flexibility index (Phi) is 10.2. The van der Waals surface area contributed by atoms with E-state index in [2.05, 4.69) is 13.8 Å². The summed E-state index contributed by atoms with van der Waals surface area (Å²) in [7, 11) is 0. The Balaban J connectivity index is 4.04. The lowest BCUT2D eigenvalue weighted by Crippen LogP contribution is -2.36. The van der Waals surface area contributed by atoms with Crippen molar-refractivity contribution in [3.63, 3.8) is 0 Å². The van der Waals surface area contributed by atoms with Crippen LogP contribution >= 0.6 is 0 Å². The van der Waals surface area contributed by atoms with E-state index < -0.39 is 12.1 Å². The number of likely N-dealkylation sites (N-methyl/N-ethyl adjacent to an activating group) is 1. The van der Waals surface area contributed by atoms with Gasteiger partial charge in [0, 0.05) is 19.7 Å². The predicted octanol–water partition coefficient (Wildman–Crippen LogP) is 1.74. The number of hydrogen-bond acceptors (Lipinski definition) is 5. The van der Waals surface area contributed by atoms with Gasteiger partial charge in [0.25, 0.3) is 5.91 Å². The number of nitriles is 1. The third-order valence-corrected chi connectivity index (χ3v) is 2.96. The third kappa shape index (κ3) is 9.03. The number of rotatable bonds is 10. The first-order valence-corrected chi connectivity index (χ1v) is 7.35. The van der Waals surface area contributed by atoms with Crippen molar-refractivity contribution < 1.29 is 19.1 Å². The lowest BCUT2D eigenvalue weighted by molar-refractivity contribution is -0.161. The molecule has 1 atom stereocenters. The molecule has 0 aromatic heterocycles. The van der Waals surface area contributed by atoms with Crippen molar-refractivity contribution in [2.45, 2.75) is 46.6 Å². The quantitative estimate of drug-likeness (QED) is 0.574. The van der Waals surface area contributed by atoms with Crippen molar-refractivity contribution >= 4 is 11.9 Å². The van der Waals surface area contributed by atoms with Gasteiger partial charge in [-0.05, 0) is 26.2 Å². The van der Waals surface area contributed by atoms with E-state index in [4.69, 9.17) is 14.7 Å². The van der Waals surface area contributed by atoms with Crippen molar-refractivity contribution in [1.82, 2.24) is 4.90 Å². The Hall–Kier alpha value is -1.61. The highest BCUT2D eigenvalue weighted by Crippen LogP contribution is 2.03. The topological polar surface area (TPSA) is 79.6 Å². The van der Waals surface area contributed by atoms with E-state index in [1.165, 1.54) is 4.90 Å². The highest BCUT2D eigenvalue weighted by molar-refractivity contribution is 5.81. The molecule has 0 aromatic carbocycles. The molecule has 0 saturated carbocycles. The Morgan fingerprint density at radius 3 is 2.48 bits per heavy atom. The molecule has 0 bridgehead atoms. The minimum Gasteiger partial charge on any atom is -0.454 e. The fourth-order valence-corrected chi connectivity index (χ4v) is 1.53. The van der Waals surface area contributed by atoms with Crippen LogP contribution in [0.5, 0.6) is 0 Å². The standard InChI is InChI=1S/C15H26N2O4/c1-5-17(9-6-8-16)14(18)11-21-15(19)13(4)20-10-7-12(2)3/h12-13H,5-7,9-11H2,1-4H3. The summed E-state index contributed by atoms with van der Waals surface area (Å²) in [6.45, 7) is 8.59. The molecular weight excluding hydrogens is 272 g/mol. The highest BCUT2D eigenvalue weighted by Gasteiger charge is 2.18. The van der Waals surface area contributed by atoms with E-state index >= 15 is 0 Å². The molecule has 0 aliphatic carbocycles. The largest absolute Gasteiger partial charge is 0.454 e. The first-order chi connectivity index (χ1) is 9.92. The van der Waals surface area contributed by atoms with Crippen molar-refractivity contribution in [2.75, 3.05) is 26.3 Å². The summed E-state index contributed by atoms with van der Waals surface area (Å²) in [6.07, 6.45) is 0.460. The molecule has 0 radical (unpaired) electrons. The number of hydrogen-bond donors (Lipinski definition) is 0. The zero-order valence-corrected chi connectivity index (χ0v) is 13.4. The molecular formula is C15H26N2O4. The monoisotopic (exact) mass is 298 g/mol. The van der Waals surface area contributed by atoms with Crippen LogP contribution in [-0.4, -0.2) is 49.2 Å². The third-order valence-electron chi connectivity index (χ3n) is 2.96. The summed E-state index contributed by atoms with van der Waals surface area (Å²) in [5, 5.41) is 8.51. The summed E-state index contributed by atoms with van der Waals surface area (Å²) in [6, 6.07) is 1.98. The molecule has 0 saturated heterocycles. The van der Waals surface area contributed by atoms with Gasteiger partial charge in [-0.2, -0.15) is 5.26 Å². The number of carbonyl (C=O) groups is 2. The molecule has 120 valence electrons. The van der Waals surface area contributed by atoms with E-state index in [1.807, 2.05) is 13.0 Å². The van der Waals surface area contributed by atoms with Crippen LogP contribution in [0.2, 0.25) is 0 Å². The maximum absolute atomic E-state index is 11.8. The van der Waals surface area contributed by atoms with Crippen LogP contribution in [0.25, 0.3) is 0 Å². The fourth-order valence-electron chi connectivity index (χ4n) is 1.53. The van der Waals surface area contributed by atoms with E-state index in [-0.39, 0.29) is 18.9 Å². The maximum Gasteiger partial charge on any atom is 0.335 e. The van der Waals surface area contributed by atoms with Crippen LogP contribution in [0.4, 0.5) is 0 Å². The predicted molar refractivity (Wildman–Crippen MR) is 78.3 cm³/mol. The minimum absolute atomic E-state index is 0.266. The average Bonchev–Trinajstić information content (AvgIpc) is 2.44. The maximum atomic E-state index is 11.8. The molecule has 1 unspecified atom stereocenters. The summed E-state index contributed by atoms with van der Waals surface area (Å²) in [4.78, 5) is 25.0. The molecule has 1 amide bonds. The molecule has 0 N–H and O–H groups in total. The van der Waals surface area contributed by atoms with Gasteiger partial charge in [-0.3, -0.25) is 4.79 Å². The first kappa shape index (κ1) is 19.4. The number of carbonyl (C=O) groups excluding carboxylic acids is 2. The molecule has 0 aliphatic rings. The van der Waals surface area contributed by atoms with Crippen molar-refractivity contribution in [3.8, 4) is 6.07 Å². The SMILES string of the molecule is CCN(CCC#N)C(=O)COC(=O)C(C)OCCC(C)C. The molecule has 0 rings (SSSR count). The number of nitrogens with zero attached hydrogens (tertiary/aromatic N) is 2. The Labute approximate surface area is 127 Å². The second-order valence-corrected chi connectivity index (χ2v) is 5.18. The van der Waals surface area contributed by atoms with Crippen molar-refractivity contribution in [2.24, 2.45) is 5.92 Å². The smallest absolute Gasteiger partial charge is 0.335 e. The zero-order chi connectivity index (χ0) is 16.3. The summed E-state index contributed by atoms with van der Waals surface area (Å²) in [5.41, 5.74) is 0. The van der Waals surface area contributed by atoms with Gasteiger partial charge in [0.05, 0.1) is 12.5 Å². The van der Waals surface area contributed by atoms with E-state index in [0.29, 0.717) is 25.6 Å². The van der Waals surface area contributed by atoms with Gasteiger partial charge in [0.1, 0.15) is 0 Å². The van der Waals surface area contributed by atoms with Gasteiger partial charge in [-0.1, -0.05) is 13.8 Å². The Morgan fingerprint density at radius 2 is 1.95 bits per heavy atom. The van der Waals surface area contributed by atoms with Gasteiger partial charge in [-0.25, -0.2) is 4.79 Å². The van der Waals surface area contributed by atoms with Crippen LogP contribution in [0.1, 0.15) is 40.5 Å². The molecule has 0 aliphatic heterocycles. The Bertz CT molecular complexity index is 363. The van der Waals surface area contributed by atoms with E-state index in [1.54, 1.807) is 6.92 Å². The number of amides is 1. The van der Waals surface area contributed by atoms with Gasteiger partial charge in [-0.15, -0.1) is 0 Å². The van der Waals surface area contributed by atoms with Crippen LogP contribution in [0.15, 0.2) is 0 Å². The van der Waals surface area contributed by atoms with Crippen LogP contribution in [0, 0.1) is 17.2 Å². The van der Waals surface area contributed by atoms with Gasteiger partial charge in [0.15, 0.2) is 12.7 Å². The molecule has 0 aromatic rings. The molecule has 0 heterocycles. The van der Waals surface area contributed by atoms with Crippen molar-refractivity contribution in [1.29, 1.82) is 5.26 Å². The zero-order valence-electron chi connectivity index (χ0n) is 13.4. The van der Waals surface area contributed by atoms with Gasteiger partial charge < -0.3 is 14.4 Å². The molecule has 0 fully saturated rings. The van der Waals surface area contributed by atoms with Crippen LogP contribution < -0.4 is 0 Å². The summed E-state index contributed by atoms with van der Waals surface area (Å²) < 4.78 is 10.3. The second kappa shape index (κ2) is 11.1. The minimum atomic E-state index is -0.675. The van der Waals surface area contributed by atoms with E-state index in [0.717, 1.165) is 6.42 Å². The van der Waals surface area contributed by atoms with Gasteiger partial charge in [0.2, 0.25) is 0 Å². The highest BCUT2D eigenvalue weighted by atomic mass is 16.6. The van der Waals surface area contributed by atoms with Gasteiger partial charge >= 0.3 is 5.97 Å². The fraction of sp³-hybridized carbons (Fsp3) is 0.800. The van der Waals surface area contributed by atoms with Crippen LogP contribution in [0.3, 0.4) is 0 Å². The Morgan fingerprint density at radius 1 is 1.29 bits per heavy atom. The second-order valence-electron chi connectivity index (χ2n) is 5.18. The average molecular weight is 298 g/mol. The summed E-state index contributed by atoms with van der Waals surface area (Å²) in [5.74, 6) is -0.327. The lowest BCUT2D eigenvalue weighted by atomic mass is 10.1. The van der Waals surface area contributed by atoms with E-state index in [9.17, 15) is 9.59 Å². The van der Waals surface area contributed by atoms with Crippen LogP contribution in [-0.2, 0) is 19.1 Å². The lowest BCUT2D eigenvalue weighted by Gasteiger charge is -2.20. The normalized spacial score (nSPS) is 11.8. The molecule has 0 spiro atoms. The summed E-state index contributed by atoms with van der Waals surface area (Å²) >= 11 is 0. The molecule has 6 heteroatoms. The molecule has 21 heavy (non-hydrogen) atoms. The molecule has 6 nitrogen and oxygen atoms in total. The first-order valence-electron chi connectivity index (χ1n) is 7.35.